The lowest BCUT2D eigenvalue weighted by Gasteiger charge is -2.36. The highest BCUT2D eigenvalue weighted by Gasteiger charge is 2.34. The minimum Gasteiger partial charge on any atom is -0.358 e. The van der Waals surface area contributed by atoms with Gasteiger partial charge in [-0.3, -0.25) is 19.3 Å². The number of alkyl halides is 3. The minimum absolute atomic E-state index is 0.0224. The molecule has 0 spiro atoms. The van der Waals surface area contributed by atoms with Gasteiger partial charge in [0.15, 0.2) is 5.69 Å². The third kappa shape index (κ3) is 3.98. The standard InChI is InChI=1S/C22H22F3N7O/c1-31(19-4-2-3-18-29-17(12-32(18)19)22(23,24)25)14-7-5-13(6-8-14)28-21(33)15-9-10-26-16-11-27-30-20(15)16/h2-4,9-14H,5-8H2,1H3,(H,27,30)(H,28,33). The molecule has 0 saturated heterocycles. The van der Waals surface area contributed by atoms with Crippen molar-refractivity contribution in [3.63, 3.8) is 0 Å². The largest absolute Gasteiger partial charge is 0.434 e. The molecule has 4 heterocycles. The van der Waals surface area contributed by atoms with Crippen LogP contribution in [0.2, 0.25) is 0 Å². The molecule has 33 heavy (non-hydrogen) atoms. The number of rotatable bonds is 4. The highest BCUT2D eigenvalue weighted by atomic mass is 19.4. The van der Waals surface area contributed by atoms with Crippen LogP contribution >= 0.6 is 0 Å². The van der Waals surface area contributed by atoms with E-state index in [1.807, 2.05) is 11.9 Å². The van der Waals surface area contributed by atoms with Crippen LogP contribution in [0.4, 0.5) is 19.0 Å². The molecule has 8 nitrogen and oxygen atoms in total. The Bertz CT molecular complexity index is 1300. The minimum atomic E-state index is -4.49. The average Bonchev–Trinajstić information content (AvgIpc) is 3.45. The summed E-state index contributed by atoms with van der Waals surface area (Å²) < 4.78 is 40.8. The summed E-state index contributed by atoms with van der Waals surface area (Å²) in [4.78, 5) is 22.7. The highest BCUT2D eigenvalue weighted by molar-refractivity contribution is 6.04. The van der Waals surface area contributed by atoms with Gasteiger partial charge in [-0.25, -0.2) is 4.98 Å². The maximum Gasteiger partial charge on any atom is 0.434 e. The molecule has 1 aliphatic rings. The second-order valence-electron chi connectivity index (χ2n) is 8.31. The van der Waals surface area contributed by atoms with Gasteiger partial charge in [-0.05, 0) is 43.9 Å². The van der Waals surface area contributed by atoms with Crippen molar-refractivity contribution < 1.29 is 18.0 Å². The first-order valence-corrected chi connectivity index (χ1v) is 10.7. The van der Waals surface area contributed by atoms with E-state index in [0.717, 1.165) is 31.9 Å². The van der Waals surface area contributed by atoms with Gasteiger partial charge in [-0.15, -0.1) is 0 Å². The van der Waals surface area contributed by atoms with E-state index >= 15 is 0 Å². The number of imidazole rings is 1. The Balaban J connectivity index is 1.26. The van der Waals surface area contributed by atoms with Crippen molar-refractivity contribution >= 4 is 28.4 Å². The molecule has 1 amide bonds. The van der Waals surface area contributed by atoms with Crippen molar-refractivity contribution in [2.75, 3.05) is 11.9 Å². The van der Waals surface area contributed by atoms with E-state index in [9.17, 15) is 18.0 Å². The molecule has 4 aromatic rings. The zero-order valence-corrected chi connectivity index (χ0v) is 17.8. The lowest BCUT2D eigenvalue weighted by atomic mass is 9.90. The Morgan fingerprint density at radius 2 is 2.00 bits per heavy atom. The number of halogens is 3. The van der Waals surface area contributed by atoms with Crippen LogP contribution in [0, 0.1) is 0 Å². The van der Waals surface area contributed by atoms with Gasteiger partial charge in [0.05, 0.1) is 17.3 Å². The number of H-pyrrole nitrogens is 1. The van der Waals surface area contributed by atoms with E-state index in [4.69, 9.17) is 0 Å². The number of carbonyl (C=O) groups is 1. The molecule has 0 unspecified atom stereocenters. The lowest BCUT2D eigenvalue weighted by Crippen LogP contribution is -2.43. The molecule has 5 rings (SSSR count). The number of hydrogen-bond acceptors (Lipinski definition) is 5. The summed E-state index contributed by atoms with van der Waals surface area (Å²) in [5.74, 6) is 0.479. The molecule has 1 aliphatic carbocycles. The quantitative estimate of drug-likeness (QED) is 0.487. The second-order valence-corrected chi connectivity index (χ2v) is 8.31. The topological polar surface area (TPSA) is 91.2 Å². The SMILES string of the molecule is CN(c1cccc2nc(C(F)(F)F)cn12)C1CCC(NC(=O)c2ccnc3cn[nH]c23)CC1. The first-order valence-electron chi connectivity index (χ1n) is 10.7. The van der Waals surface area contributed by atoms with E-state index in [2.05, 4.69) is 25.5 Å². The van der Waals surface area contributed by atoms with Crippen LogP contribution in [0.3, 0.4) is 0 Å². The molecular weight excluding hydrogens is 435 g/mol. The third-order valence-electron chi connectivity index (χ3n) is 6.29. The molecule has 4 aromatic heterocycles. The van der Waals surface area contributed by atoms with Gasteiger partial charge < -0.3 is 10.2 Å². The first kappa shape index (κ1) is 21.2. The normalized spacial score (nSPS) is 19.2. The average molecular weight is 457 g/mol. The van der Waals surface area contributed by atoms with E-state index in [-0.39, 0.29) is 23.6 Å². The molecule has 172 valence electrons. The van der Waals surface area contributed by atoms with Gasteiger partial charge >= 0.3 is 6.18 Å². The number of nitrogens with zero attached hydrogens (tertiary/aromatic N) is 5. The summed E-state index contributed by atoms with van der Waals surface area (Å²) in [7, 11) is 1.89. The summed E-state index contributed by atoms with van der Waals surface area (Å²) in [5, 5.41) is 9.85. The van der Waals surface area contributed by atoms with E-state index in [1.54, 1.807) is 36.7 Å². The summed E-state index contributed by atoms with van der Waals surface area (Å²) in [6, 6.07) is 6.90. The summed E-state index contributed by atoms with van der Waals surface area (Å²) >= 11 is 0. The van der Waals surface area contributed by atoms with Crippen molar-refractivity contribution in [1.29, 1.82) is 0 Å². The molecule has 11 heteroatoms. The van der Waals surface area contributed by atoms with Crippen molar-refractivity contribution in [1.82, 2.24) is 29.9 Å². The van der Waals surface area contributed by atoms with Crippen molar-refractivity contribution in [3.05, 3.63) is 54.1 Å². The number of amides is 1. The van der Waals surface area contributed by atoms with Crippen LogP contribution in [0.25, 0.3) is 16.7 Å². The smallest absolute Gasteiger partial charge is 0.358 e. The number of nitrogens with one attached hydrogen (secondary N) is 2. The zero-order valence-electron chi connectivity index (χ0n) is 17.8. The van der Waals surface area contributed by atoms with Crippen LogP contribution < -0.4 is 10.2 Å². The monoisotopic (exact) mass is 457 g/mol. The number of pyridine rings is 2. The fraction of sp³-hybridized carbons (Fsp3) is 0.364. The molecule has 0 bridgehead atoms. The number of carbonyl (C=O) groups excluding carboxylic acids is 1. The van der Waals surface area contributed by atoms with Gasteiger partial charge in [-0.1, -0.05) is 6.07 Å². The molecule has 0 atom stereocenters. The van der Waals surface area contributed by atoms with Gasteiger partial charge in [0, 0.05) is 31.5 Å². The summed E-state index contributed by atoms with van der Waals surface area (Å²) in [6.45, 7) is 0. The number of fused-ring (bicyclic) bond motifs is 2. The van der Waals surface area contributed by atoms with E-state index in [0.29, 0.717) is 22.4 Å². The molecular formula is C22H22F3N7O. The zero-order chi connectivity index (χ0) is 23.2. The van der Waals surface area contributed by atoms with Gasteiger partial charge in [0.1, 0.15) is 17.0 Å². The Morgan fingerprint density at radius 1 is 1.21 bits per heavy atom. The summed E-state index contributed by atoms with van der Waals surface area (Å²) in [5.41, 5.74) is 1.10. The van der Waals surface area contributed by atoms with E-state index < -0.39 is 11.9 Å². The van der Waals surface area contributed by atoms with Crippen molar-refractivity contribution in [2.24, 2.45) is 0 Å². The molecule has 2 N–H and O–H groups in total. The maximum absolute atomic E-state index is 13.1. The Labute approximate surface area is 186 Å². The fourth-order valence-electron chi connectivity index (χ4n) is 4.52. The Hall–Kier alpha value is -3.63. The second kappa shape index (κ2) is 8.05. The molecule has 1 saturated carbocycles. The van der Waals surface area contributed by atoms with Crippen molar-refractivity contribution in [3.8, 4) is 0 Å². The number of anilines is 1. The molecule has 0 aromatic carbocycles. The van der Waals surface area contributed by atoms with Crippen molar-refractivity contribution in [2.45, 2.75) is 43.9 Å². The van der Waals surface area contributed by atoms with Crippen LogP contribution in [0.5, 0.6) is 0 Å². The van der Waals surface area contributed by atoms with Gasteiger partial charge in [0.25, 0.3) is 5.91 Å². The maximum atomic E-state index is 13.1. The van der Waals surface area contributed by atoms with Gasteiger partial charge in [0.2, 0.25) is 0 Å². The molecule has 0 radical (unpaired) electrons. The molecule has 1 fully saturated rings. The van der Waals surface area contributed by atoms with Crippen LogP contribution in [-0.2, 0) is 6.18 Å². The summed E-state index contributed by atoms with van der Waals surface area (Å²) in [6.07, 6.45) is 2.85. The van der Waals surface area contributed by atoms with E-state index in [1.165, 1.54) is 4.40 Å². The lowest BCUT2D eigenvalue weighted by molar-refractivity contribution is -0.140. The van der Waals surface area contributed by atoms with Crippen LogP contribution in [0.15, 0.2) is 42.9 Å². The Kier molecular flexibility index (Phi) is 5.18. The Morgan fingerprint density at radius 3 is 2.76 bits per heavy atom. The number of hydrogen-bond donors (Lipinski definition) is 2. The van der Waals surface area contributed by atoms with Crippen LogP contribution in [-0.4, -0.2) is 49.6 Å². The molecule has 0 aliphatic heterocycles. The number of aromatic nitrogens is 5. The third-order valence-corrected chi connectivity index (χ3v) is 6.29. The highest BCUT2D eigenvalue weighted by Crippen LogP contribution is 2.32. The van der Waals surface area contributed by atoms with Crippen LogP contribution in [0.1, 0.15) is 41.7 Å². The predicted molar refractivity (Wildman–Crippen MR) is 116 cm³/mol. The predicted octanol–water partition coefficient (Wildman–Crippen LogP) is 3.80. The fourth-order valence-corrected chi connectivity index (χ4v) is 4.52. The number of aromatic amines is 1. The van der Waals surface area contributed by atoms with Gasteiger partial charge in [-0.2, -0.15) is 18.3 Å². The first-order chi connectivity index (χ1) is 15.8.